The van der Waals surface area contributed by atoms with E-state index in [1.54, 1.807) is 0 Å². The Balaban J connectivity index is 2.14. The number of hydrogen-bond acceptors (Lipinski definition) is 6. The highest BCUT2D eigenvalue weighted by molar-refractivity contribution is 5.97. The van der Waals surface area contributed by atoms with Crippen molar-refractivity contribution in [3.8, 4) is 0 Å². The van der Waals surface area contributed by atoms with Crippen LogP contribution >= 0.6 is 0 Å². The molecular weight excluding hydrogens is 200 g/mol. The Bertz CT molecular complexity index is 350. The molecule has 0 aromatic carbocycles. The molecule has 1 aromatic heterocycles. The van der Waals surface area contributed by atoms with E-state index in [2.05, 4.69) is 25.9 Å². The van der Waals surface area contributed by atoms with Gasteiger partial charge < -0.3 is 10.2 Å². The van der Waals surface area contributed by atoms with Crippen molar-refractivity contribution in [2.75, 3.05) is 19.6 Å². The molecule has 1 aromatic rings. The van der Waals surface area contributed by atoms with Gasteiger partial charge >= 0.3 is 0 Å². The summed E-state index contributed by atoms with van der Waals surface area (Å²) >= 11 is 0. The Labute approximate surface area is 85.0 Å². The minimum Gasteiger partial charge on any atom is -0.332 e. The van der Waals surface area contributed by atoms with Crippen molar-refractivity contribution in [2.24, 2.45) is 0 Å². The molecule has 0 bridgehead atoms. The fourth-order valence-electron chi connectivity index (χ4n) is 1.50. The van der Waals surface area contributed by atoms with E-state index in [0.29, 0.717) is 26.0 Å². The second-order valence-corrected chi connectivity index (χ2v) is 3.16. The molecule has 1 unspecified atom stereocenters. The highest BCUT2D eigenvalue weighted by Gasteiger charge is 2.30. The molecule has 1 aliphatic rings. The lowest BCUT2D eigenvalue weighted by Crippen LogP contribution is -2.54. The Morgan fingerprint density at radius 1 is 1.60 bits per heavy atom. The summed E-state index contributed by atoms with van der Waals surface area (Å²) in [6.45, 7) is 1.62. The first-order chi connectivity index (χ1) is 7.33. The van der Waals surface area contributed by atoms with Crippen LogP contribution in [0.3, 0.4) is 0 Å². The largest absolute Gasteiger partial charge is 0.332 e. The van der Waals surface area contributed by atoms with Crippen molar-refractivity contribution < 1.29 is 9.59 Å². The number of nitrogens with one attached hydrogen (secondary N) is 2. The predicted octanol–water partition coefficient (Wildman–Crippen LogP) is -2.19. The number of nitrogens with zero attached hydrogens (tertiary/aromatic N) is 4. The van der Waals surface area contributed by atoms with Crippen LogP contribution in [0.1, 0.15) is 10.6 Å². The van der Waals surface area contributed by atoms with Crippen molar-refractivity contribution in [1.29, 1.82) is 0 Å². The van der Waals surface area contributed by atoms with E-state index < -0.39 is 6.04 Å². The van der Waals surface area contributed by atoms with Crippen LogP contribution in [0.15, 0.2) is 0 Å². The lowest BCUT2D eigenvalue weighted by Gasteiger charge is -2.31. The van der Waals surface area contributed by atoms with Gasteiger partial charge in [-0.2, -0.15) is 5.21 Å². The Morgan fingerprint density at radius 2 is 2.47 bits per heavy atom. The molecule has 1 fully saturated rings. The number of tetrazole rings is 1. The van der Waals surface area contributed by atoms with Crippen molar-refractivity contribution in [3.05, 3.63) is 5.82 Å². The van der Waals surface area contributed by atoms with Gasteiger partial charge in [-0.25, -0.2) is 0 Å². The second kappa shape index (κ2) is 4.13. The monoisotopic (exact) mass is 210 g/mol. The van der Waals surface area contributed by atoms with Gasteiger partial charge in [-0.1, -0.05) is 0 Å². The smallest absolute Gasteiger partial charge is 0.242 e. The molecule has 1 atom stereocenters. The summed E-state index contributed by atoms with van der Waals surface area (Å²) in [6.07, 6.45) is 0.670. The maximum absolute atomic E-state index is 11.8. The van der Waals surface area contributed by atoms with E-state index in [1.165, 1.54) is 4.90 Å². The van der Waals surface area contributed by atoms with E-state index in [-0.39, 0.29) is 11.6 Å². The molecule has 0 radical (unpaired) electrons. The maximum Gasteiger partial charge on any atom is 0.242 e. The normalized spacial score (nSPS) is 21.3. The van der Waals surface area contributed by atoms with Crippen LogP contribution in [-0.4, -0.2) is 63.4 Å². The molecule has 8 nitrogen and oxygen atoms in total. The van der Waals surface area contributed by atoms with Crippen LogP contribution in [0.4, 0.5) is 0 Å². The SMILES string of the molecule is O=CN1CCNCC1C(=O)c1nn[nH]n1. The van der Waals surface area contributed by atoms with Gasteiger partial charge in [0.25, 0.3) is 0 Å². The summed E-state index contributed by atoms with van der Waals surface area (Å²) in [5.41, 5.74) is 0. The number of amides is 1. The van der Waals surface area contributed by atoms with Crippen LogP contribution < -0.4 is 5.32 Å². The number of aromatic amines is 1. The van der Waals surface area contributed by atoms with Crippen molar-refractivity contribution >= 4 is 12.2 Å². The van der Waals surface area contributed by atoms with Gasteiger partial charge in [-0.3, -0.25) is 9.59 Å². The summed E-state index contributed by atoms with van der Waals surface area (Å²) in [6, 6.07) is -0.533. The van der Waals surface area contributed by atoms with Gasteiger partial charge in [-0.15, -0.1) is 10.2 Å². The predicted molar refractivity (Wildman–Crippen MR) is 47.9 cm³/mol. The molecule has 15 heavy (non-hydrogen) atoms. The summed E-state index contributed by atoms with van der Waals surface area (Å²) in [5.74, 6) is -0.293. The van der Waals surface area contributed by atoms with Gasteiger partial charge in [0.15, 0.2) is 0 Å². The first-order valence-electron chi connectivity index (χ1n) is 4.52. The third kappa shape index (κ3) is 1.84. The average molecular weight is 210 g/mol. The molecule has 0 aliphatic carbocycles. The second-order valence-electron chi connectivity index (χ2n) is 3.16. The minimum atomic E-state index is -0.533. The molecular formula is C7H10N6O2. The molecule has 1 saturated heterocycles. The molecule has 2 N–H and O–H groups in total. The Morgan fingerprint density at radius 3 is 3.13 bits per heavy atom. The number of carbonyl (C=O) groups excluding carboxylic acids is 2. The molecule has 1 aliphatic heterocycles. The van der Waals surface area contributed by atoms with E-state index in [1.807, 2.05) is 0 Å². The number of aromatic nitrogens is 4. The third-order valence-corrected chi connectivity index (χ3v) is 2.29. The van der Waals surface area contributed by atoms with Crippen LogP contribution in [-0.2, 0) is 4.79 Å². The maximum atomic E-state index is 11.8. The summed E-state index contributed by atoms with van der Waals surface area (Å²) in [5, 5.41) is 15.7. The standard InChI is InChI=1S/C7H10N6O2/c14-4-13-2-1-8-3-5(13)6(15)7-9-11-12-10-7/h4-5,8H,1-3H2,(H,9,10,11,12). The van der Waals surface area contributed by atoms with E-state index in [9.17, 15) is 9.59 Å². The van der Waals surface area contributed by atoms with Crippen LogP contribution in [0.5, 0.6) is 0 Å². The highest BCUT2D eigenvalue weighted by Crippen LogP contribution is 2.05. The molecule has 2 rings (SSSR count). The van der Waals surface area contributed by atoms with Crippen molar-refractivity contribution in [3.63, 3.8) is 0 Å². The van der Waals surface area contributed by atoms with Gasteiger partial charge in [0.2, 0.25) is 18.0 Å². The van der Waals surface area contributed by atoms with Crippen molar-refractivity contribution in [2.45, 2.75) is 6.04 Å². The molecule has 2 heterocycles. The number of Topliss-reactive ketones (excluding diaryl/α,β-unsaturated/α-hetero) is 1. The quantitative estimate of drug-likeness (QED) is 0.434. The zero-order valence-electron chi connectivity index (χ0n) is 7.88. The summed E-state index contributed by atoms with van der Waals surface area (Å²) in [7, 11) is 0. The highest BCUT2D eigenvalue weighted by atomic mass is 16.2. The lowest BCUT2D eigenvalue weighted by molar-refractivity contribution is -0.120. The Kier molecular flexibility index (Phi) is 2.68. The van der Waals surface area contributed by atoms with Gasteiger partial charge in [0, 0.05) is 19.6 Å². The molecule has 1 amide bonds. The zero-order chi connectivity index (χ0) is 10.7. The van der Waals surface area contributed by atoms with E-state index >= 15 is 0 Å². The number of H-pyrrole nitrogens is 1. The number of piperazine rings is 1. The number of ketones is 1. The third-order valence-electron chi connectivity index (χ3n) is 2.29. The number of rotatable bonds is 3. The zero-order valence-corrected chi connectivity index (χ0v) is 7.88. The number of carbonyl (C=O) groups is 2. The summed E-state index contributed by atoms with van der Waals surface area (Å²) in [4.78, 5) is 24.0. The van der Waals surface area contributed by atoms with Crippen LogP contribution in [0.2, 0.25) is 0 Å². The fourth-order valence-corrected chi connectivity index (χ4v) is 1.50. The fraction of sp³-hybridized carbons (Fsp3) is 0.571. The van der Waals surface area contributed by atoms with Gasteiger partial charge in [0.05, 0.1) is 0 Å². The van der Waals surface area contributed by atoms with Gasteiger partial charge in [-0.05, 0) is 5.21 Å². The topological polar surface area (TPSA) is 104 Å². The first kappa shape index (κ1) is 9.71. The molecule has 80 valence electrons. The lowest BCUT2D eigenvalue weighted by atomic mass is 10.1. The molecule has 0 saturated carbocycles. The number of hydrogen-bond donors (Lipinski definition) is 2. The average Bonchev–Trinajstić information content (AvgIpc) is 2.81. The summed E-state index contributed by atoms with van der Waals surface area (Å²) < 4.78 is 0. The molecule has 0 spiro atoms. The van der Waals surface area contributed by atoms with E-state index in [4.69, 9.17) is 0 Å². The van der Waals surface area contributed by atoms with Crippen LogP contribution in [0.25, 0.3) is 0 Å². The van der Waals surface area contributed by atoms with Crippen LogP contribution in [0, 0.1) is 0 Å². The molecule has 8 heteroatoms. The van der Waals surface area contributed by atoms with Crippen molar-refractivity contribution in [1.82, 2.24) is 30.8 Å². The van der Waals surface area contributed by atoms with E-state index in [0.717, 1.165) is 0 Å². The first-order valence-corrected chi connectivity index (χ1v) is 4.52. The Hall–Kier alpha value is -1.83. The van der Waals surface area contributed by atoms with Gasteiger partial charge in [0.1, 0.15) is 6.04 Å². The minimum absolute atomic E-state index is 0.00977.